The number of rotatable bonds is 5. The van der Waals surface area contributed by atoms with Crippen molar-refractivity contribution in [3.05, 3.63) is 48.8 Å². The summed E-state index contributed by atoms with van der Waals surface area (Å²) in [4.78, 5) is 33.5. The van der Waals surface area contributed by atoms with Crippen LogP contribution in [0.1, 0.15) is 23.5 Å². The summed E-state index contributed by atoms with van der Waals surface area (Å²) >= 11 is 0. The van der Waals surface area contributed by atoms with Crippen LogP contribution >= 0.6 is 0 Å². The maximum atomic E-state index is 12.5. The van der Waals surface area contributed by atoms with Crippen molar-refractivity contribution in [1.29, 1.82) is 0 Å². The number of ether oxygens (including phenoxy) is 1. The molecule has 1 saturated heterocycles. The van der Waals surface area contributed by atoms with Gasteiger partial charge in [-0.25, -0.2) is 19.9 Å². The molecule has 1 saturated carbocycles. The van der Waals surface area contributed by atoms with Crippen molar-refractivity contribution in [3.63, 3.8) is 0 Å². The van der Waals surface area contributed by atoms with Gasteiger partial charge in [-0.1, -0.05) is 0 Å². The number of fused-ring (bicyclic) bond motifs is 1. The molecule has 8 heteroatoms. The molecule has 1 aliphatic heterocycles. The second-order valence-electron chi connectivity index (χ2n) is 7.49. The number of aromatic nitrogens is 4. The summed E-state index contributed by atoms with van der Waals surface area (Å²) in [6, 6.07) is 7.87. The Bertz CT molecular complexity index is 1020. The summed E-state index contributed by atoms with van der Waals surface area (Å²) in [7, 11) is 0. The lowest BCUT2D eigenvalue weighted by molar-refractivity contribution is 0.0734. The zero-order valence-corrected chi connectivity index (χ0v) is 16.1. The molecule has 0 atom stereocenters. The van der Waals surface area contributed by atoms with Crippen molar-refractivity contribution in [3.8, 4) is 5.88 Å². The van der Waals surface area contributed by atoms with E-state index in [1.165, 1.54) is 12.8 Å². The molecule has 2 aliphatic rings. The summed E-state index contributed by atoms with van der Waals surface area (Å²) in [6.45, 7) is 3.47. The average Bonchev–Trinajstić information content (AvgIpc) is 3.62. The number of anilines is 1. The van der Waals surface area contributed by atoms with Crippen molar-refractivity contribution in [2.45, 2.75) is 12.8 Å². The van der Waals surface area contributed by atoms with Crippen LogP contribution in [0.3, 0.4) is 0 Å². The van der Waals surface area contributed by atoms with Crippen LogP contribution in [0.5, 0.6) is 5.88 Å². The second-order valence-corrected chi connectivity index (χ2v) is 7.49. The molecule has 1 aliphatic carbocycles. The minimum atomic E-state index is -0.118. The van der Waals surface area contributed by atoms with Crippen LogP contribution in [0.15, 0.2) is 43.0 Å². The first-order valence-electron chi connectivity index (χ1n) is 9.97. The lowest BCUT2D eigenvalue weighted by Gasteiger charge is -2.35. The van der Waals surface area contributed by atoms with Gasteiger partial charge in [0.25, 0.3) is 5.91 Å². The Labute approximate surface area is 168 Å². The van der Waals surface area contributed by atoms with E-state index in [2.05, 4.69) is 37.0 Å². The van der Waals surface area contributed by atoms with Gasteiger partial charge in [-0.2, -0.15) is 0 Å². The molecule has 1 amide bonds. The summed E-state index contributed by atoms with van der Waals surface area (Å²) in [5, 5.41) is 0.932. The Balaban J connectivity index is 1.30. The van der Waals surface area contributed by atoms with Crippen LogP contribution < -0.4 is 9.64 Å². The number of hydrogen-bond donors (Lipinski definition) is 0. The van der Waals surface area contributed by atoms with E-state index in [9.17, 15) is 4.79 Å². The van der Waals surface area contributed by atoms with Crippen LogP contribution in [-0.4, -0.2) is 63.5 Å². The van der Waals surface area contributed by atoms with Crippen LogP contribution in [0, 0.1) is 5.92 Å². The number of piperazine rings is 1. The van der Waals surface area contributed by atoms with Gasteiger partial charge in [0, 0.05) is 44.3 Å². The fourth-order valence-corrected chi connectivity index (χ4v) is 3.53. The van der Waals surface area contributed by atoms with E-state index in [1.54, 1.807) is 29.7 Å². The molecule has 29 heavy (non-hydrogen) atoms. The van der Waals surface area contributed by atoms with Crippen LogP contribution in [0.2, 0.25) is 0 Å². The first kappa shape index (κ1) is 17.8. The minimum absolute atomic E-state index is 0.118. The summed E-state index contributed by atoms with van der Waals surface area (Å²) in [5.74, 6) is 1.45. The van der Waals surface area contributed by atoms with E-state index >= 15 is 0 Å². The van der Waals surface area contributed by atoms with Gasteiger partial charge in [-0.05, 0) is 43.0 Å². The first-order chi connectivity index (χ1) is 14.3. The first-order valence-corrected chi connectivity index (χ1v) is 9.97. The molecule has 0 unspecified atom stereocenters. The largest absolute Gasteiger partial charge is 0.477 e. The molecule has 3 aromatic rings. The molecule has 3 heterocycles. The van der Waals surface area contributed by atoms with Crippen molar-refractivity contribution in [1.82, 2.24) is 24.8 Å². The summed E-state index contributed by atoms with van der Waals surface area (Å²) < 4.78 is 5.95. The van der Waals surface area contributed by atoms with Crippen LogP contribution in [-0.2, 0) is 0 Å². The normalized spacial score (nSPS) is 16.8. The SMILES string of the molecule is O=C(c1ncccn1)N1CCN(c2ccc3ncnc(OCC4CC4)c3c2)CC1. The number of nitrogens with zero attached hydrogens (tertiary/aromatic N) is 6. The number of amides is 1. The van der Waals surface area contributed by atoms with Gasteiger partial charge in [-0.15, -0.1) is 0 Å². The van der Waals surface area contributed by atoms with Crippen molar-refractivity contribution in [2.75, 3.05) is 37.7 Å². The predicted molar refractivity (Wildman–Crippen MR) is 108 cm³/mol. The summed E-state index contributed by atoms with van der Waals surface area (Å²) in [5.41, 5.74) is 1.97. The molecule has 8 nitrogen and oxygen atoms in total. The molecule has 5 rings (SSSR count). The molecular weight excluding hydrogens is 368 g/mol. The number of carbonyl (C=O) groups excluding carboxylic acids is 1. The molecule has 1 aromatic carbocycles. The van der Waals surface area contributed by atoms with Crippen molar-refractivity contribution >= 4 is 22.5 Å². The fourth-order valence-electron chi connectivity index (χ4n) is 3.53. The van der Waals surface area contributed by atoms with E-state index in [4.69, 9.17) is 4.74 Å². The van der Waals surface area contributed by atoms with Gasteiger partial charge >= 0.3 is 0 Å². The lowest BCUT2D eigenvalue weighted by Crippen LogP contribution is -2.49. The molecule has 0 bridgehead atoms. The quantitative estimate of drug-likeness (QED) is 0.660. The maximum Gasteiger partial charge on any atom is 0.291 e. The number of hydrogen-bond acceptors (Lipinski definition) is 7. The smallest absolute Gasteiger partial charge is 0.291 e. The average molecular weight is 390 g/mol. The van der Waals surface area contributed by atoms with Gasteiger partial charge in [0.1, 0.15) is 6.33 Å². The Morgan fingerprint density at radius 3 is 2.59 bits per heavy atom. The van der Waals surface area contributed by atoms with Crippen molar-refractivity contribution in [2.24, 2.45) is 5.92 Å². The fraction of sp³-hybridized carbons (Fsp3) is 0.381. The van der Waals surface area contributed by atoms with Gasteiger partial charge < -0.3 is 14.5 Å². The standard InChI is InChI=1S/C21H22N6O2/c28-21(19-22-6-1-7-23-19)27-10-8-26(9-11-27)16-4-5-18-17(12-16)20(25-14-24-18)29-13-15-2-3-15/h1,4-7,12,14-15H,2-3,8-11,13H2. The second kappa shape index (κ2) is 7.62. The molecule has 0 N–H and O–H groups in total. The lowest BCUT2D eigenvalue weighted by atomic mass is 10.2. The van der Waals surface area contributed by atoms with Gasteiger partial charge in [0.2, 0.25) is 11.7 Å². The highest BCUT2D eigenvalue weighted by molar-refractivity contribution is 5.90. The molecule has 0 spiro atoms. The van der Waals surface area contributed by atoms with E-state index in [0.717, 1.165) is 36.3 Å². The zero-order chi connectivity index (χ0) is 19.6. The Kier molecular flexibility index (Phi) is 4.67. The van der Waals surface area contributed by atoms with Gasteiger partial charge in [0.15, 0.2) is 0 Å². The topological polar surface area (TPSA) is 84.3 Å². The van der Waals surface area contributed by atoms with Gasteiger partial charge in [-0.3, -0.25) is 4.79 Å². The highest BCUT2D eigenvalue weighted by Gasteiger charge is 2.25. The maximum absolute atomic E-state index is 12.5. The minimum Gasteiger partial charge on any atom is -0.477 e. The number of benzene rings is 1. The Morgan fingerprint density at radius 2 is 1.83 bits per heavy atom. The Hall–Kier alpha value is -3.29. The van der Waals surface area contributed by atoms with Crippen LogP contribution in [0.25, 0.3) is 10.9 Å². The Morgan fingerprint density at radius 1 is 1.03 bits per heavy atom. The summed E-state index contributed by atoms with van der Waals surface area (Å²) in [6.07, 6.45) is 7.23. The van der Waals surface area contributed by atoms with E-state index in [0.29, 0.717) is 24.9 Å². The van der Waals surface area contributed by atoms with Crippen molar-refractivity contribution < 1.29 is 9.53 Å². The molecular formula is C21H22N6O2. The van der Waals surface area contributed by atoms with E-state index < -0.39 is 0 Å². The molecule has 2 aromatic heterocycles. The zero-order valence-electron chi connectivity index (χ0n) is 16.1. The van der Waals surface area contributed by atoms with Crippen LogP contribution in [0.4, 0.5) is 5.69 Å². The highest BCUT2D eigenvalue weighted by Crippen LogP contribution is 2.32. The third-order valence-electron chi connectivity index (χ3n) is 5.42. The number of carbonyl (C=O) groups is 1. The van der Waals surface area contributed by atoms with E-state index in [-0.39, 0.29) is 11.7 Å². The van der Waals surface area contributed by atoms with E-state index in [1.807, 2.05) is 6.07 Å². The molecule has 2 fully saturated rings. The third kappa shape index (κ3) is 3.83. The third-order valence-corrected chi connectivity index (χ3v) is 5.42. The van der Waals surface area contributed by atoms with Gasteiger partial charge in [0.05, 0.1) is 17.5 Å². The monoisotopic (exact) mass is 390 g/mol. The molecule has 148 valence electrons. The predicted octanol–water partition coefficient (Wildman–Crippen LogP) is 2.17. The molecule has 0 radical (unpaired) electrons. The highest BCUT2D eigenvalue weighted by atomic mass is 16.5.